The zero-order chi connectivity index (χ0) is 20.1. The van der Waals surface area contributed by atoms with Gasteiger partial charge < -0.3 is 9.15 Å². The summed E-state index contributed by atoms with van der Waals surface area (Å²) in [6.45, 7) is 2.17. The molecule has 0 aliphatic rings. The summed E-state index contributed by atoms with van der Waals surface area (Å²) in [6.07, 6.45) is 0.732. The molecule has 2 aromatic heterocycles. The van der Waals surface area contributed by atoms with E-state index in [0.717, 1.165) is 28.4 Å². The second kappa shape index (κ2) is 9.24. The van der Waals surface area contributed by atoms with Gasteiger partial charge in [0.05, 0.1) is 12.8 Å². The molecule has 148 valence electrons. The van der Waals surface area contributed by atoms with E-state index in [-0.39, 0.29) is 0 Å². The molecular weight excluding hydrogens is 402 g/mol. The molecule has 0 N–H and O–H groups in total. The molecule has 0 amide bonds. The Balaban J connectivity index is 1.33. The average molecular weight is 424 g/mol. The fourth-order valence-corrected chi connectivity index (χ4v) is 4.52. The van der Waals surface area contributed by atoms with Crippen LogP contribution in [0.3, 0.4) is 0 Å². The molecule has 0 aliphatic heterocycles. The minimum absolute atomic E-state index is 0.333. The van der Waals surface area contributed by atoms with Gasteiger partial charge in [-0.25, -0.2) is 4.98 Å². The first kappa shape index (κ1) is 19.7. The number of nitrogens with zero attached hydrogens (tertiary/aromatic N) is 3. The summed E-state index contributed by atoms with van der Waals surface area (Å²) in [6, 6.07) is 18.3. The third-order valence-corrected chi connectivity index (χ3v) is 6.32. The Hall–Kier alpha value is -2.64. The molecule has 0 spiro atoms. The molecule has 5 nitrogen and oxygen atoms in total. The number of aromatic nitrogens is 3. The van der Waals surface area contributed by atoms with E-state index in [0.29, 0.717) is 22.8 Å². The van der Waals surface area contributed by atoms with E-state index >= 15 is 0 Å². The van der Waals surface area contributed by atoms with E-state index in [1.165, 1.54) is 17.3 Å². The van der Waals surface area contributed by atoms with E-state index in [1.807, 2.05) is 30.3 Å². The number of benzene rings is 2. The highest BCUT2D eigenvalue weighted by Gasteiger charge is 2.13. The predicted molar refractivity (Wildman–Crippen MR) is 117 cm³/mol. The molecule has 7 heteroatoms. The summed E-state index contributed by atoms with van der Waals surface area (Å²) in [7, 11) is 1.67. The Morgan fingerprint density at radius 2 is 1.86 bits per heavy atom. The highest BCUT2D eigenvalue weighted by Crippen LogP contribution is 2.29. The smallest absolute Gasteiger partial charge is 0.276 e. The van der Waals surface area contributed by atoms with Crippen LogP contribution in [0.4, 0.5) is 0 Å². The van der Waals surface area contributed by atoms with E-state index < -0.39 is 0 Å². The predicted octanol–water partition coefficient (Wildman–Crippen LogP) is 5.84. The number of thioether (sulfide) groups is 1. The van der Waals surface area contributed by atoms with E-state index in [9.17, 15) is 0 Å². The maximum atomic E-state index is 5.82. The monoisotopic (exact) mass is 423 g/mol. The van der Waals surface area contributed by atoms with E-state index in [4.69, 9.17) is 14.1 Å². The van der Waals surface area contributed by atoms with Crippen molar-refractivity contribution < 1.29 is 9.15 Å². The molecule has 2 aromatic carbocycles. The van der Waals surface area contributed by atoms with Crippen molar-refractivity contribution in [2.24, 2.45) is 0 Å². The molecular formula is C22H21N3O2S2. The molecule has 0 bridgehead atoms. The maximum Gasteiger partial charge on any atom is 0.276 e. The fraction of sp³-hybridized carbons (Fsp3) is 0.227. The van der Waals surface area contributed by atoms with Crippen LogP contribution in [0.15, 0.2) is 69.6 Å². The van der Waals surface area contributed by atoms with E-state index in [1.54, 1.807) is 18.4 Å². The van der Waals surface area contributed by atoms with Crippen molar-refractivity contribution in [1.82, 2.24) is 15.2 Å². The molecule has 4 aromatic rings. The average Bonchev–Trinajstić information content (AvgIpc) is 3.42. The Morgan fingerprint density at radius 1 is 1.07 bits per heavy atom. The van der Waals surface area contributed by atoms with Gasteiger partial charge in [-0.05, 0) is 35.7 Å². The van der Waals surface area contributed by atoms with E-state index in [2.05, 4.69) is 46.8 Å². The van der Waals surface area contributed by atoms with Crippen molar-refractivity contribution in [3.63, 3.8) is 0 Å². The van der Waals surface area contributed by atoms with Crippen molar-refractivity contribution in [2.45, 2.75) is 30.2 Å². The second-order valence-corrected chi connectivity index (χ2v) is 8.42. The van der Waals surface area contributed by atoms with Crippen molar-refractivity contribution in [2.75, 3.05) is 7.11 Å². The number of rotatable bonds is 8. The van der Waals surface area contributed by atoms with Crippen LogP contribution >= 0.6 is 23.1 Å². The number of hydrogen-bond acceptors (Lipinski definition) is 7. The lowest BCUT2D eigenvalue weighted by Gasteiger charge is -2.08. The summed E-state index contributed by atoms with van der Waals surface area (Å²) in [5.41, 5.74) is 3.36. The Bertz CT molecular complexity index is 1050. The van der Waals surface area contributed by atoms with Gasteiger partial charge >= 0.3 is 0 Å². The van der Waals surface area contributed by atoms with Gasteiger partial charge in [0.2, 0.25) is 5.89 Å². The molecule has 0 aliphatic carbocycles. The number of thiazole rings is 1. The van der Waals surface area contributed by atoms with Crippen LogP contribution in [0.25, 0.3) is 10.6 Å². The van der Waals surface area contributed by atoms with Gasteiger partial charge in [-0.15, -0.1) is 21.5 Å². The Labute approximate surface area is 178 Å². The highest BCUT2D eigenvalue weighted by molar-refractivity contribution is 7.98. The van der Waals surface area contributed by atoms with Crippen LogP contribution in [0, 0.1) is 0 Å². The lowest BCUT2D eigenvalue weighted by molar-refractivity contribution is 0.404. The summed E-state index contributed by atoms with van der Waals surface area (Å²) in [5, 5.41) is 12.0. The van der Waals surface area contributed by atoms with Crippen LogP contribution < -0.4 is 4.74 Å². The van der Waals surface area contributed by atoms with Crippen molar-refractivity contribution in [3.8, 4) is 16.3 Å². The fourth-order valence-electron chi connectivity index (χ4n) is 2.92. The van der Waals surface area contributed by atoms with Gasteiger partial charge in [-0.1, -0.05) is 49.0 Å². The minimum atomic E-state index is 0.333. The SMILES string of the molecule is COc1ccc(-c2nc(CSc3nnc(CC(C)c4ccccc4)o3)cs2)cc1. The number of methoxy groups -OCH3 is 1. The summed E-state index contributed by atoms with van der Waals surface area (Å²) < 4.78 is 11.0. The topological polar surface area (TPSA) is 61.0 Å². The van der Waals surface area contributed by atoms with Crippen LogP contribution in [-0.4, -0.2) is 22.3 Å². The molecule has 0 fully saturated rings. The normalized spacial score (nSPS) is 12.1. The Morgan fingerprint density at radius 3 is 2.62 bits per heavy atom. The van der Waals surface area contributed by atoms with Crippen LogP contribution in [0.1, 0.15) is 30.0 Å². The summed E-state index contributed by atoms with van der Waals surface area (Å²) in [5.74, 6) is 2.54. The maximum absolute atomic E-state index is 5.82. The van der Waals surface area contributed by atoms with Crippen LogP contribution in [0.2, 0.25) is 0 Å². The first-order valence-electron chi connectivity index (χ1n) is 9.30. The highest BCUT2D eigenvalue weighted by atomic mass is 32.2. The third kappa shape index (κ3) is 5.05. The van der Waals surface area contributed by atoms with Gasteiger partial charge in [-0.3, -0.25) is 0 Å². The molecule has 1 unspecified atom stereocenters. The van der Waals surface area contributed by atoms with Gasteiger partial charge in [0.25, 0.3) is 5.22 Å². The minimum Gasteiger partial charge on any atom is -0.497 e. The van der Waals surface area contributed by atoms with Crippen LogP contribution in [-0.2, 0) is 12.2 Å². The molecule has 4 rings (SSSR count). The van der Waals surface area contributed by atoms with Crippen molar-refractivity contribution >= 4 is 23.1 Å². The zero-order valence-corrected chi connectivity index (χ0v) is 17.9. The first-order chi connectivity index (χ1) is 14.2. The second-order valence-electron chi connectivity index (χ2n) is 6.64. The van der Waals surface area contributed by atoms with Crippen molar-refractivity contribution in [3.05, 3.63) is 77.1 Å². The zero-order valence-electron chi connectivity index (χ0n) is 16.2. The van der Waals surface area contributed by atoms with Gasteiger partial charge in [0.1, 0.15) is 10.8 Å². The third-order valence-electron chi connectivity index (χ3n) is 4.53. The van der Waals surface area contributed by atoms with Crippen LogP contribution in [0.5, 0.6) is 5.75 Å². The van der Waals surface area contributed by atoms with Crippen molar-refractivity contribution in [1.29, 1.82) is 0 Å². The number of hydrogen-bond donors (Lipinski definition) is 0. The summed E-state index contributed by atoms with van der Waals surface area (Å²) in [4.78, 5) is 4.71. The quantitative estimate of drug-likeness (QED) is 0.332. The molecule has 2 heterocycles. The molecule has 1 atom stereocenters. The van der Waals surface area contributed by atoms with Gasteiger partial charge in [0, 0.05) is 23.1 Å². The molecule has 29 heavy (non-hydrogen) atoms. The lowest BCUT2D eigenvalue weighted by Crippen LogP contribution is -1.98. The Kier molecular flexibility index (Phi) is 6.27. The largest absolute Gasteiger partial charge is 0.497 e. The molecule has 0 saturated carbocycles. The first-order valence-corrected chi connectivity index (χ1v) is 11.2. The lowest BCUT2D eigenvalue weighted by atomic mass is 9.98. The standard InChI is InChI=1S/C22H21N3O2S2/c1-15(16-6-4-3-5-7-16)12-20-24-25-22(27-20)29-14-18-13-28-21(23-18)17-8-10-19(26-2)11-9-17/h3-11,13,15H,12,14H2,1-2H3. The molecule has 0 radical (unpaired) electrons. The summed E-state index contributed by atoms with van der Waals surface area (Å²) >= 11 is 3.15. The van der Waals surface area contributed by atoms with Gasteiger partial charge in [0.15, 0.2) is 0 Å². The number of ether oxygens (including phenoxy) is 1. The molecule has 0 saturated heterocycles. The van der Waals surface area contributed by atoms with Gasteiger partial charge in [-0.2, -0.15) is 0 Å².